The van der Waals surface area contributed by atoms with Gasteiger partial charge in [-0.25, -0.2) is 0 Å². The lowest BCUT2D eigenvalue weighted by Gasteiger charge is -2.35. The molecule has 1 heterocycles. The normalized spacial score (nSPS) is 25.7. The zero-order chi connectivity index (χ0) is 11.0. The van der Waals surface area contributed by atoms with E-state index in [1.807, 2.05) is 20.8 Å². The molecule has 84 valence electrons. The third-order valence-electron chi connectivity index (χ3n) is 2.75. The molecule has 0 unspecified atom stereocenters. The summed E-state index contributed by atoms with van der Waals surface area (Å²) < 4.78 is 36.7. The fourth-order valence-corrected chi connectivity index (χ4v) is 2.23. The van der Waals surface area contributed by atoms with Gasteiger partial charge in [-0.3, -0.25) is 4.90 Å². The van der Waals surface area contributed by atoms with E-state index in [0.29, 0.717) is 6.54 Å². The molecule has 0 bridgehead atoms. The van der Waals surface area contributed by atoms with Crippen LogP contribution in [-0.2, 0) is 0 Å². The minimum Gasteiger partial charge on any atom is -0.291 e. The summed E-state index contributed by atoms with van der Waals surface area (Å²) in [5.41, 5.74) is -0.0538. The van der Waals surface area contributed by atoms with E-state index in [4.69, 9.17) is 0 Å². The molecule has 0 spiro atoms. The number of rotatable bonds is 1. The van der Waals surface area contributed by atoms with E-state index in [1.54, 1.807) is 4.90 Å². The molecule has 0 aromatic rings. The van der Waals surface area contributed by atoms with E-state index in [1.165, 1.54) is 0 Å². The van der Waals surface area contributed by atoms with Crippen molar-refractivity contribution in [1.29, 1.82) is 0 Å². The fourth-order valence-electron chi connectivity index (χ4n) is 2.23. The van der Waals surface area contributed by atoms with E-state index >= 15 is 0 Å². The van der Waals surface area contributed by atoms with Gasteiger partial charge in [-0.1, -0.05) is 20.8 Å². The molecule has 1 aliphatic heterocycles. The molecule has 1 aliphatic rings. The maximum absolute atomic E-state index is 12.2. The Morgan fingerprint density at radius 1 is 1.21 bits per heavy atom. The van der Waals surface area contributed by atoms with Crippen LogP contribution < -0.4 is 0 Å². The van der Waals surface area contributed by atoms with E-state index in [-0.39, 0.29) is 11.5 Å². The van der Waals surface area contributed by atoms with Gasteiger partial charge in [0.05, 0.1) is 6.54 Å². The number of hydrogen-bond acceptors (Lipinski definition) is 1. The van der Waals surface area contributed by atoms with E-state index < -0.39 is 12.7 Å². The Morgan fingerprint density at radius 2 is 1.79 bits per heavy atom. The summed E-state index contributed by atoms with van der Waals surface area (Å²) in [6.07, 6.45) is -2.29. The molecular formula is C10H18F3N. The van der Waals surface area contributed by atoms with Gasteiger partial charge in [0, 0.05) is 6.04 Å². The van der Waals surface area contributed by atoms with Crippen molar-refractivity contribution in [2.75, 3.05) is 13.1 Å². The third kappa shape index (κ3) is 3.15. The summed E-state index contributed by atoms with van der Waals surface area (Å²) in [7, 11) is 0. The molecule has 1 rings (SSSR count). The van der Waals surface area contributed by atoms with Crippen LogP contribution in [0.2, 0.25) is 0 Å². The first-order valence-corrected chi connectivity index (χ1v) is 5.01. The number of halogens is 3. The lowest BCUT2D eigenvalue weighted by atomic mass is 9.85. The Labute approximate surface area is 83.3 Å². The number of likely N-dealkylation sites (tertiary alicyclic amines) is 1. The molecule has 0 aromatic heterocycles. The summed E-state index contributed by atoms with van der Waals surface area (Å²) in [6, 6.07) is 0.0733. The minimum absolute atomic E-state index is 0.0538. The van der Waals surface area contributed by atoms with Gasteiger partial charge < -0.3 is 0 Å². The van der Waals surface area contributed by atoms with Gasteiger partial charge in [-0.15, -0.1) is 0 Å². The van der Waals surface area contributed by atoms with Crippen molar-refractivity contribution in [2.24, 2.45) is 5.41 Å². The monoisotopic (exact) mass is 209 g/mol. The van der Waals surface area contributed by atoms with Crippen molar-refractivity contribution in [3.63, 3.8) is 0 Å². The molecule has 14 heavy (non-hydrogen) atoms. The Bertz CT molecular complexity index is 193. The first-order chi connectivity index (χ1) is 6.20. The second-order valence-electron chi connectivity index (χ2n) is 5.11. The lowest BCUT2D eigenvalue weighted by molar-refractivity contribution is -0.151. The summed E-state index contributed by atoms with van der Waals surface area (Å²) >= 11 is 0. The van der Waals surface area contributed by atoms with Crippen LogP contribution in [0.3, 0.4) is 0 Å². The SMILES string of the molecule is CC(C)(C)[C@@H]1CCCN1CC(F)(F)F. The van der Waals surface area contributed by atoms with Crippen LogP contribution in [0.4, 0.5) is 13.2 Å². The number of hydrogen-bond donors (Lipinski definition) is 0. The Morgan fingerprint density at radius 3 is 2.21 bits per heavy atom. The largest absolute Gasteiger partial charge is 0.401 e. The van der Waals surface area contributed by atoms with Crippen molar-refractivity contribution in [3.05, 3.63) is 0 Å². The molecule has 0 N–H and O–H groups in total. The highest BCUT2D eigenvalue weighted by Gasteiger charge is 2.40. The molecule has 1 fully saturated rings. The molecule has 0 radical (unpaired) electrons. The van der Waals surface area contributed by atoms with Crippen LogP contribution in [0.15, 0.2) is 0 Å². The van der Waals surface area contributed by atoms with Gasteiger partial charge >= 0.3 is 6.18 Å². The van der Waals surface area contributed by atoms with Crippen LogP contribution in [0.1, 0.15) is 33.6 Å². The summed E-state index contributed by atoms with van der Waals surface area (Å²) in [6.45, 7) is 5.85. The van der Waals surface area contributed by atoms with Crippen molar-refractivity contribution in [3.8, 4) is 0 Å². The van der Waals surface area contributed by atoms with Crippen molar-refractivity contribution >= 4 is 0 Å². The molecule has 0 amide bonds. The molecule has 1 saturated heterocycles. The van der Waals surface area contributed by atoms with Crippen LogP contribution in [0.25, 0.3) is 0 Å². The zero-order valence-electron chi connectivity index (χ0n) is 8.99. The average Bonchev–Trinajstić information content (AvgIpc) is 2.29. The second-order valence-corrected chi connectivity index (χ2v) is 5.11. The first-order valence-electron chi connectivity index (χ1n) is 5.01. The molecular weight excluding hydrogens is 191 g/mol. The van der Waals surface area contributed by atoms with Crippen LogP contribution in [0.5, 0.6) is 0 Å². The van der Waals surface area contributed by atoms with Crippen molar-refractivity contribution in [1.82, 2.24) is 4.90 Å². The quantitative estimate of drug-likeness (QED) is 0.641. The Hall–Kier alpha value is -0.250. The van der Waals surface area contributed by atoms with Gasteiger partial charge in [-0.2, -0.15) is 13.2 Å². The topological polar surface area (TPSA) is 3.24 Å². The summed E-state index contributed by atoms with van der Waals surface area (Å²) in [5.74, 6) is 0. The van der Waals surface area contributed by atoms with Crippen LogP contribution in [0, 0.1) is 5.41 Å². The van der Waals surface area contributed by atoms with Crippen molar-refractivity contribution in [2.45, 2.75) is 45.8 Å². The Kier molecular flexibility index (Phi) is 3.14. The Balaban J connectivity index is 2.61. The molecule has 0 aliphatic carbocycles. The molecule has 0 saturated carbocycles. The standard InChI is InChI=1S/C10H18F3N/c1-9(2,3)8-5-4-6-14(8)7-10(11,12)13/h8H,4-7H2,1-3H3/t8-/m0/s1. The maximum Gasteiger partial charge on any atom is 0.401 e. The second kappa shape index (κ2) is 3.72. The van der Waals surface area contributed by atoms with Crippen LogP contribution >= 0.6 is 0 Å². The first kappa shape index (κ1) is 11.8. The minimum atomic E-state index is -4.06. The van der Waals surface area contributed by atoms with Gasteiger partial charge in [0.1, 0.15) is 0 Å². The zero-order valence-corrected chi connectivity index (χ0v) is 8.99. The van der Waals surface area contributed by atoms with Gasteiger partial charge in [0.2, 0.25) is 0 Å². The molecule has 1 atom stereocenters. The van der Waals surface area contributed by atoms with Gasteiger partial charge in [0.15, 0.2) is 0 Å². The number of nitrogens with zero attached hydrogens (tertiary/aromatic N) is 1. The van der Waals surface area contributed by atoms with Crippen LogP contribution in [-0.4, -0.2) is 30.2 Å². The highest BCUT2D eigenvalue weighted by atomic mass is 19.4. The molecule has 4 heteroatoms. The van der Waals surface area contributed by atoms with Crippen molar-refractivity contribution < 1.29 is 13.2 Å². The van der Waals surface area contributed by atoms with Gasteiger partial charge in [-0.05, 0) is 24.8 Å². The van der Waals surface area contributed by atoms with Gasteiger partial charge in [0.25, 0.3) is 0 Å². The summed E-state index contributed by atoms with van der Waals surface area (Å²) in [4.78, 5) is 1.57. The third-order valence-corrected chi connectivity index (χ3v) is 2.75. The molecule has 0 aromatic carbocycles. The lowest BCUT2D eigenvalue weighted by Crippen LogP contribution is -2.43. The van der Waals surface area contributed by atoms with E-state index in [2.05, 4.69) is 0 Å². The predicted octanol–water partition coefficient (Wildman–Crippen LogP) is 3.06. The smallest absolute Gasteiger partial charge is 0.291 e. The van der Waals surface area contributed by atoms with E-state index in [0.717, 1.165) is 12.8 Å². The predicted molar refractivity (Wildman–Crippen MR) is 50.1 cm³/mol. The van der Waals surface area contributed by atoms with E-state index in [9.17, 15) is 13.2 Å². The average molecular weight is 209 g/mol. The maximum atomic E-state index is 12.2. The molecule has 1 nitrogen and oxygen atoms in total. The highest BCUT2D eigenvalue weighted by Crippen LogP contribution is 2.34. The fraction of sp³-hybridized carbons (Fsp3) is 1.00. The highest BCUT2D eigenvalue weighted by molar-refractivity contribution is 4.88. The summed E-state index contributed by atoms with van der Waals surface area (Å²) in [5, 5.41) is 0. The number of alkyl halides is 3.